The summed E-state index contributed by atoms with van der Waals surface area (Å²) in [6.07, 6.45) is 0.284. The van der Waals surface area contributed by atoms with E-state index in [1.54, 1.807) is 43.3 Å². The number of hydrogen-bond acceptors (Lipinski definition) is 5. The van der Waals surface area contributed by atoms with Crippen molar-refractivity contribution in [2.75, 3.05) is 25.0 Å². The Hall–Kier alpha value is -2.98. The molecule has 0 aliphatic heterocycles. The van der Waals surface area contributed by atoms with Crippen molar-refractivity contribution in [3.63, 3.8) is 0 Å². The molecule has 1 atom stereocenters. The number of anilines is 1. The summed E-state index contributed by atoms with van der Waals surface area (Å²) >= 11 is 18.6. The molecule has 1 unspecified atom stereocenters. The summed E-state index contributed by atoms with van der Waals surface area (Å²) < 4.78 is 33.8. The van der Waals surface area contributed by atoms with E-state index in [9.17, 15) is 18.0 Å². The van der Waals surface area contributed by atoms with E-state index < -0.39 is 34.4 Å². The molecular formula is C27H28Cl3N3O5S. The first kappa shape index (κ1) is 30.6. The molecule has 3 aromatic rings. The summed E-state index contributed by atoms with van der Waals surface area (Å²) in [6.45, 7) is 1.15. The predicted molar refractivity (Wildman–Crippen MR) is 154 cm³/mol. The lowest BCUT2D eigenvalue weighted by atomic mass is 10.1. The molecule has 12 heteroatoms. The fourth-order valence-corrected chi connectivity index (χ4v) is 5.98. The van der Waals surface area contributed by atoms with Crippen molar-refractivity contribution >= 4 is 62.3 Å². The van der Waals surface area contributed by atoms with Crippen molar-refractivity contribution in [3.05, 3.63) is 87.4 Å². The van der Waals surface area contributed by atoms with Gasteiger partial charge >= 0.3 is 0 Å². The lowest BCUT2D eigenvalue weighted by Crippen LogP contribution is -2.51. The number of sulfonamides is 1. The Morgan fingerprint density at radius 2 is 1.64 bits per heavy atom. The molecule has 0 aromatic heterocycles. The molecule has 0 aliphatic carbocycles. The highest BCUT2D eigenvalue weighted by Gasteiger charge is 2.33. The maximum atomic E-state index is 13.9. The largest absolute Gasteiger partial charge is 0.495 e. The van der Waals surface area contributed by atoms with Crippen LogP contribution in [0.3, 0.4) is 0 Å². The van der Waals surface area contributed by atoms with Crippen LogP contribution in [0.25, 0.3) is 0 Å². The molecule has 3 aromatic carbocycles. The number of nitrogens with zero attached hydrogens (tertiary/aromatic N) is 2. The van der Waals surface area contributed by atoms with Crippen LogP contribution < -0.4 is 14.4 Å². The fourth-order valence-electron chi connectivity index (χ4n) is 3.98. The van der Waals surface area contributed by atoms with Crippen molar-refractivity contribution in [2.45, 2.75) is 30.8 Å². The van der Waals surface area contributed by atoms with E-state index in [1.165, 1.54) is 49.4 Å². The molecule has 0 radical (unpaired) electrons. The van der Waals surface area contributed by atoms with Gasteiger partial charge in [0.2, 0.25) is 11.8 Å². The van der Waals surface area contributed by atoms with E-state index in [-0.39, 0.29) is 33.6 Å². The summed E-state index contributed by atoms with van der Waals surface area (Å²) in [4.78, 5) is 28.0. The third-order valence-electron chi connectivity index (χ3n) is 6.00. The van der Waals surface area contributed by atoms with Gasteiger partial charge in [-0.3, -0.25) is 13.9 Å². The first-order chi connectivity index (χ1) is 18.5. The summed E-state index contributed by atoms with van der Waals surface area (Å²) in [5.74, 6) is -0.658. The zero-order valence-corrected chi connectivity index (χ0v) is 24.6. The molecule has 0 spiro atoms. The van der Waals surface area contributed by atoms with Gasteiger partial charge < -0.3 is 15.0 Å². The maximum Gasteiger partial charge on any atom is 0.264 e. The van der Waals surface area contributed by atoms with E-state index in [1.807, 2.05) is 0 Å². The number of carbonyl (C=O) groups is 2. The van der Waals surface area contributed by atoms with Crippen LogP contribution in [0.5, 0.6) is 5.75 Å². The highest BCUT2D eigenvalue weighted by molar-refractivity contribution is 7.92. The van der Waals surface area contributed by atoms with Crippen molar-refractivity contribution in [2.24, 2.45) is 0 Å². The average Bonchev–Trinajstić information content (AvgIpc) is 2.93. The van der Waals surface area contributed by atoms with Crippen LogP contribution >= 0.6 is 34.8 Å². The topological polar surface area (TPSA) is 96.0 Å². The molecule has 0 fully saturated rings. The predicted octanol–water partition coefficient (Wildman–Crippen LogP) is 5.40. The van der Waals surface area contributed by atoms with Gasteiger partial charge in [0.15, 0.2) is 0 Å². The van der Waals surface area contributed by atoms with E-state index >= 15 is 0 Å². The van der Waals surface area contributed by atoms with E-state index in [0.717, 1.165) is 4.31 Å². The number of nitrogens with one attached hydrogen (secondary N) is 1. The minimum atomic E-state index is -4.22. The molecule has 1 N–H and O–H groups in total. The van der Waals surface area contributed by atoms with Crippen LogP contribution in [0.4, 0.5) is 5.69 Å². The van der Waals surface area contributed by atoms with Gasteiger partial charge in [-0.2, -0.15) is 0 Å². The average molecular weight is 613 g/mol. The third kappa shape index (κ3) is 7.16. The van der Waals surface area contributed by atoms with E-state index in [4.69, 9.17) is 39.5 Å². The van der Waals surface area contributed by atoms with Gasteiger partial charge in [-0.25, -0.2) is 8.42 Å². The molecule has 2 amide bonds. The van der Waals surface area contributed by atoms with Gasteiger partial charge in [0.25, 0.3) is 10.0 Å². The number of halogens is 3. The summed E-state index contributed by atoms with van der Waals surface area (Å²) in [6, 6.07) is 16.2. The molecule has 8 nitrogen and oxygen atoms in total. The SMILES string of the molecule is CCC(C(=O)NC)N(Cc1ccc(Cl)c(Cl)c1)C(=O)CN(c1ccc(OC)c(Cl)c1)S(=O)(=O)c1ccccc1. The number of likely N-dealkylation sites (N-methyl/N-ethyl adjacent to an activating group) is 1. The Labute approximate surface area is 243 Å². The second-order valence-electron chi connectivity index (χ2n) is 8.45. The molecule has 0 bridgehead atoms. The summed E-state index contributed by atoms with van der Waals surface area (Å²) in [7, 11) is -1.31. The van der Waals surface area contributed by atoms with Crippen molar-refractivity contribution < 1.29 is 22.7 Å². The molecule has 208 valence electrons. The highest BCUT2D eigenvalue weighted by atomic mass is 35.5. The zero-order valence-electron chi connectivity index (χ0n) is 21.5. The molecule has 0 aliphatic rings. The van der Waals surface area contributed by atoms with Crippen LogP contribution in [-0.4, -0.2) is 51.9 Å². The Balaban J connectivity index is 2.09. The van der Waals surface area contributed by atoms with E-state index in [2.05, 4.69) is 5.32 Å². The van der Waals surface area contributed by atoms with Crippen LogP contribution in [0.1, 0.15) is 18.9 Å². The minimum Gasteiger partial charge on any atom is -0.495 e. The molecule has 0 saturated heterocycles. The fraction of sp³-hybridized carbons (Fsp3) is 0.259. The third-order valence-corrected chi connectivity index (χ3v) is 8.83. The van der Waals surface area contributed by atoms with Gasteiger partial charge in [0, 0.05) is 13.6 Å². The van der Waals surface area contributed by atoms with Crippen LogP contribution in [0.15, 0.2) is 71.6 Å². The molecule has 3 rings (SSSR count). The van der Waals surface area contributed by atoms with Gasteiger partial charge in [-0.1, -0.05) is 66.0 Å². The smallest absolute Gasteiger partial charge is 0.264 e. The number of ether oxygens (including phenoxy) is 1. The van der Waals surface area contributed by atoms with E-state index in [0.29, 0.717) is 16.3 Å². The Morgan fingerprint density at radius 1 is 0.949 bits per heavy atom. The molecule has 0 saturated carbocycles. The number of amides is 2. The van der Waals surface area contributed by atoms with Crippen LogP contribution in [0.2, 0.25) is 15.1 Å². The Bertz CT molecular complexity index is 1440. The molecular weight excluding hydrogens is 585 g/mol. The van der Waals surface area contributed by atoms with Gasteiger partial charge in [0.1, 0.15) is 18.3 Å². The summed E-state index contributed by atoms with van der Waals surface area (Å²) in [5.41, 5.74) is 0.769. The lowest BCUT2D eigenvalue weighted by Gasteiger charge is -2.33. The second-order valence-corrected chi connectivity index (χ2v) is 11.5. The standard InChI is InChI=1S/C27H28Cl3N3O5S/c1-4-24(27(35)31-2)32(16-18-10-12-21(28)22(29)14-18)26(34)17-33(19-11-13-25(38-3)23(30)15-19)39(36,37)20-8-6-5-7-9-20/h5-15,24H,4,16-17H2,1-3H3,(H,31,35). The van der Waals surface area contributed by atoms with Gasteiger partial charge in [-0.05, 0) is 54.4 Å². The Morgan fingerprint density at radius 3 is 2.21 bits per heavy atom. The normalized spacial score (nSPS) is 11.9. The first-order valence-electron chi connectivity index (χ1n) is 11.9. The second kappa shape index (κ2) is 13.4. The number of benzene rings is 3. The molecule has 0 heterocycles. The number of carbonyl (C=O) groups excluding carboxylic acids is 2. The van der Waals surface area contributed by atoms with Gasteiger partial charge in [-0.15, -0.1) is 0 Å². The first-order valence-corrected chi connectivity index (χ1v) is 14.5. The number of hydrogen-bond donors (Lipinski definition) is 1. The van der Waals surface area contributed by atoms with Crippen molar-refractivity contribution in [1.29, 1.82) is 0 Å². The van der Waals surface area contributed by atoms with Crippen LogP contribution in [0, 0.1) is 0 Å². The monoisotopic (exact) mass is 611 g/mol. The Kier molecular flexibility index (Phi) is 10.5. The quantitative estimate of drug-likeness (QED) is 0.313. The van der Waals surface area contributed by atoms with Crippen molar-refractivity contribution in [1.82, 2.24) is 10.2 Å². The van der Waals surface area contributed by atoms with Crippen LogP contribution in [-0.2, 0) is 26.2 Å². The lowest BCUT2D eigenvalue weighted by molar-refractivity contribution is -0.140. The number of methoxy groups -OCH3 is 1. The minimum absolute atomic E-state index is 0.00968. The van der Waals surface area contributed by atoms with Gasteiger partial charge in [0.05, 0.1) is 32.8 Å². The zero-order chi connectivity index (χ0) is 28.7. The highest BCUT2D eigenvalue weighted by Crippen LogP contribution is 2.32. The number of rotatable bonds is 11. The van der Waals surface area contributed by atoms with Crippen molar-refractivity contribution in [3.8, 4) is 5.75 Å². The maximum absolute atomic E-state index is 13.9. The summed E-state index contributed by atoms with van der Waals surface area (Å²) in [5, 5.41) is 3.37. The molecule has 39 heavy (non-hydrogen) atoms.